The van der Waals surface area contributed by atoms with E-state index in [1.165, 1.54) is 11.8 Å². The molecular formula is C16H18N2O3S. The van der Waals surface area contributed by atoms with Gasteiger partial charge in [-0.3, -0.25) is 4.79 Å². The van der Waals surface area contributed by atoms with Gasteiger partial charge in [0.05, 0.1) is 18.8 Å². The monoisotopic (exact) mass is 318 g/mol. The normalized spacial score (nSPS) is 18.4. The summed E-state index contributed by atoms with van der Waals surface area (Å²) in [7, 11) is 1.64. The van der Waals surface area contributed by atoms with Crippen LogP contribution in [0.2, 0.25) is 0 Å². The molecule has 116 valence electrons. The highest BCUT2D eigenvalue weighted by Gasteiger charge is 2.25. The van der Waals surface area contributed by atoms with Crippen molar-refractivity contribution < 1.29 is 13.9 Å². The molecule has 1 saturated carbocycles. The van der Waals surface area contributed by atoms with Crippen molar-refractivity contribution >= 4 is 17.5 Å². The van der Waals surface area contributed by atoms with E-state index in [1.807, 2.05) is 24.3 Å². The molecule has 0 saturated heterocycles. The number of Topliss-reactive ketones (excluding diaryl/α,β-unsaturated/α-hetero) is 1. The van der Waals surface area contributed by atoms with Gasteiger partial charge >= 0.3 is 0 Å². The molecular weight excluding hydrogens is 300 g/mol. The van der Waals surface area contributed by atoms with Crippen LogP contribution >= 0.6 is 11.8 Å². The largest absolute Gasteiger partial charge is 0.497 e. The summed E-state index contributed by atoms with van der Waals surface area (Å²) in [5.41, 5.74) is 1.08. The topological polar surface area (TPSA) is 65.2 Å². The van der Waals surface area contributed by atoms with Gasteiger partial charge in [-0.2, -0.15) is 0 Å². The second-order valence-electron chi connectivity index (χ2n) is 5.31. The summed E-state index contributed by atoms with van der Waals surface area (Å²) in [4.78, 5) is 11.8. The minimum absolute atomic E-state index is 0.0250. The Morgan fingerprint density at radius 1 is 1.27 bits per heavy atom. The van der Waals surface area contributed by atoms with Crippen LogP contribution in [0, 0.1) is 0 Å². The summed E-state index contributed by atoms with van der Waals surface area (Å²) in [6.07, 6.45) is 4.25. The van der Waals surface area contributed by atoms with Crippen LogP contribution in [0.5, 0.6) is 5.75 Å². The molecule has 22 heavy (non-hydrogen) atoms. The first-order valence-corrected chi connectivity index (χ1v) is 8.27. The molecule has 1 aromatic carbocycles. The molecule has 1 atom stereocenters. The molecule has 0 aliphatic heterocycles. The lowest BCUT2D eigenvalue weighted by atomic mass is 9.99. The van der Waals surface area contributed by atoms with Crippen LogP contribution in [0.4, 0.5) is 0 Å². The number of carbonyl (C=O) groups excluding carboxylic acids is 1. The van der Waals surface area contributed by atoms with Crippen molar-refractivity contribution in [3.8, 4) is 5.75 Å². The van der Waals surface area contributed by atoms with Crippen molar-refractivity contribution in [1.82, 2.24) is 10.2 Å². The second kappa shape index (κ2) is 6.96. The first kappa shape index (κ1) is 15.1. The van der Waals surface area contributed by atoms with E-state index in [9.17, 15) is 4.79 Å². The van der Waals surface area contributed by atoms with Gasteiger partial charge < -0.3 is 9.15 Å². The highest BCUT2D eigenvalue weighted by atomic mass is 32.2. The number of nitrogens with zero attached hydrogens (tertiary/aromatic N) is 2. The predicted octanol–water partition coefficient (Wildman–Crippen LogP) is 3.27. The van der Waals surface area contributed by atoms with E-state index in [2.05, 4.69) is 10.2 Å². The van der Waals surface area contributed by atoms with Gasteiger partial charge in [0, 0.05) is 6.42 Å². The molecule has 0 N–H and O–H groups in total. The average Bonchev–Trinajstić information content (AvgIpc) is 2.97. The molecule has 0 amide bonds. The highest BCUT2D eigenvalue weighted by molar-refractivity contribution is 8.00. The number of ketones is 1. The van der Waals surface area contributed by atoms with Crippen molar-refractivity contribution in [2.45, 2.75) is 42.6 Å². The van der Waals surface area contributed by atoms with E-state index < -0.39 is 0 Å². The van der Waals surface area contributed by atoms with Gasteiger partial charge in [0.2, 0.25) is 5.89 Å². The first-order valence-electron chi connectivity index (χ1n) is 7.39. The Morgan fingerprint density at radius 3 is 2.82 bits per heavy atom. The number of rotatable bonds is 5. The molecule has 1 aliphatic rings. The van der Waals surface area contributed by atoms with Crippen molar-refractivity contribution in [1.29, 1.82) is 0 Å². The van der Waals surface area contributed by atoms with Gasteiger partial charge in [-0.1, -0.05) is 30.3 Å². The number of thioether (sulfide) groups is 1. The molecule has 6 heteroatoms. The lowest BCUT2D eigenvalue weighted by Crippen LogP contribution is -2.21. The van der Waals surface area contributed by atoms with Gasteiger partial charge in [-0.05, 0) is 30.5 Å². The molecule has 3 rings (SSSR count). The molecule has 1 heterocycles. The van der Waals surface area contributed by atoms with Crippen LogP contribution in [0.15, 0.2) is 33.9 Å². The van der Waals surface area contributed by atoms with Crippen LogP contribution in [0.3, 0.4) is 0 Å². The van der Waals surface area contributed by atoms with Crippen molar-refractivity contribution in [2.75, 3.05) is 7.11 Å². The fourth-order valence-corrected chi connectivity index (χ4v) is 3.48. The average molecular weight is 318 g/mol. The molecule has 2 aromatic rings. The van der Waals surface area contributed by atoms with Crippen LogP contribution in [0.1, 0.15) is 37.1 Å². The third-order valence-corrected chi connectivity index (χ3v) is 4.85. The molecule has 1 aliphatic carbocycles. The predicted molar refractivity (Wildman–Crippen MR) is 83.2 cm³/mol. The van der Waals surface area contributed by atoms with Crippen LogP contribution in [-0.4, -0.2) is 28.3 Å². The van der Waals surface area contributed by atoms with E-state index in [0.29, 0.717) is 29.7 Å². The summed E-state index contributed by atoms with van der Waals surface area (Å²) in [5, 5.41) is 8.57. The number of methoxy groups -OCH3 is 1. The van der Waals surface area contributed by atoms with Crippen LogP contribution < -0.4 is 4.74 Å². The van der Waals surface area contributed by atoms with Crippen molar-refractivity contribution in [3.63, 3.8) is 0 Å². The number of benzene rings is 1. The van der Waals surface area contributed by atoms with Gasteiger partial charge in [-0.15, -0.1) is 10.2 Å². The summed E-state index contributed by atoms with van der Waals surface area (Å²) >= 11 is 1.40. The number of aromatic nitrogens is 2. The Hall–Kier alpha value is -1.82. The first-order chi connectivity index (χ1) is 10.7. The Labute approximate surface area is 133 Å². The van der Waals surface area contributed by atoms with Crippen LogP contribution in [-0.2, 0) is 11.2 Å². The Morgan fingerprint density at radius 2 is 2.09 bits per heavy atom. The summed E-state index contributed by atoms with van der Waals surface area (Å²) < 4.78 is 10.8. The SMILES string of the molecule is COc1ccc(Cc2nnc(S[C@@H]3CCCCC3=O)o2)cc1. The Bertz CT molecular complexity index is 639. The smallest absolute Gasteiger partial charge is 0.277 e. The van der Waals surface area contributed by atoms with E-state index in [4.69, 9.17) is 9.15 Å². The standard InChI is InChI=1S/C16H18N2O3S/c1-20-12-8-6-11(7-9-12)10-15-17-18-16(21-15)22-14-5-3-2-4-13(14)19/h6-9,14H,2-5,10H2,1H3/t14-/m1/s1. The maximum atomic E-state index is 11.8. The summed E-state index contributed by atoms with van der Waals surface area (Å²) in [6, 6.07) is 7.76. The number of carbonyl (C=O) groups is 1. The van der Waals surface area contributed by atoms with Crippen molar-refractivity contribution in [2.24, 2.45) is 0 Å². The minimum Gasteiger partial charge on any atom is -0.497 e. The lowest BCUT2D eigenvalue weighted by molar-refractivity contribution is -0.119. The van der Waals surface area contributed by atoms with Gasteiger partial charge in [0.15, 0.2) is 0 Å². The fourth-order valence-electron chi connectivity index (χ4n) is 2.47. The molecule has 0 spiro atoms. The summed E-state index contributed by atoms with van der Waals surface area (Å²) in [6.45, 7) is 0. The molecule has 1 fully saturated rings. The van der Waals surface area contributed by atoms with Gasteiger partial charge in [0.25, 0.3) is 5.22 Å². The third-order valence-electron chi connectivity index (χ3n) is 3.70. The zero-order chi connectivity index (χ0) is 15.4. The number of hydrogen-bond acceptors (Lipinski definition) is 6. The van der Waals surface area contributed by atoms with Gasteiger partial charge in [-0.25, -0.2) is 0 Å². The lowest BCUT2D eigenvalue weighted by Gasteiger charge is -2.17. The Kier molecular flexibility index (Phi) is 4.77. The molecule has 5 nitrogen and oxygen atoms in total. The van der Waals surface area contributed by atoms with E-state index in [1.54, 1.807) is 7.11 Å². The quantitative estimate of drug-likeness (QED) is 0.843. The van der Waals surface area contributed by atoms with Gasteiger partial charge in [0.1, 0.15) is 11.5 Å². The summed E-state index contributed by atoms with van der Waals surface area (Å²) in [5.74, 6) is 1.68. The molecule has 0 radical (unpaired) electrons. The Balaban J connectivity index is 1.61. The maximum Gasteiger partial charge on any atom is 0.277 e. The number of hydrogen-bond donors (Lipinski definition) is 0. The van der Waals surface area contributed by atoms with E-state index in [-0.39, 0.29) is 5.25 Å². The van der Waals surface area contributed by atoms with Crippen molar-refractivity contribution in [3.05, 3.63) is 35.7 Å². The second-order valence-corrected chi connectivity index (χ2v) is 6.46. The zero-order valence-corrected chi connectivity index (χ0v) is 13.3. The zero-order valence-electron chi connectivity index (χ0n) is 12.4. The highest BCUT2D eigenvalue weighted by Crippen LogP contribution is 2.31. The molecule has 1 aromatic heterocycles. The van der Waals surface area contributed by atoms with E-state index >= 15 is 0 Å². The minimum atomic E-state index is -0.0250. The molecule has 0 bridgehead atoms. The van der Waals surface area contributed by atoms with E-state index in [0.717, 1.165) is 30.6 Å². The third kappa shape index (κ3) is 3.68. The fraction of sp³-hybridized carbons (Fsp3) is 0.438. The molecule has 0 unspecified atom stereocenters. The van der Waals surface area contributed by atoms with Crippen LogP contribution in [0.25, 0.3) is 0 Å². The number of ether oxygens (including phenoxy) is 1. The maximum absolute atomic E-state index is 11.8.